The summed E-state index contributed by atoms with van der Waals surface area (Å²) < 4.78 is 0. The van der Waals surface area contributed by atoms with E-state index in [1.54, 1.807) is 5.56 Å². The van der Waals surface area contributed by atoms with E-state index in [2.05, 4.69) is 66.8 Å². The first-order chi connectivity index (χ1) is 15.9. The predicted octanol–water partition coefficient (Wildman–Crippen LogP) is 10.6. The Kier molecular flexibility index (Phi) is 11.8. The highest BCUT2D eigenvalue weighted by atomic mass is 14.4. The zero-order valence-electron chi connectivity index (χ0n) is 22.1. The first-order valence-corrected chi connectivity index (χ1v) is 13.0. The molecule has 0 aliphatic heterocycles. The fourth-order valence-electron chi connectivity index (χ4n) is 4.64. The SMILES string of the molecule is C1=Cc2cccc3c2C2C1=CCc1ccc4cccc-3c4c12.CC.CC.CC.CC.CC. The molecule has 3 aromatic carbocycles. The van der Waals surface area contributed by atoms with Gasteiger partial charge in [-0.05, 0) is 56.1 Å². The van der Waals surface area contributed by atoms with Crippen LogP contribution in [-0.2, 0) is 6.42 Å². The molecule has 3 aromatic rings. The topological polar surface area (TPSA) is 0 Å². The van der Waals surface area contributed by atoms with Gasteiger partial charge in [0.2, 0.25) is 0 Å². The van der Waals surface area contributed by atoms with Crippen LogP contribution in [0.1, 0.15) is 97.4 Å². The van der Waals surface area contributed by atoms with Gasteiger partial charge in [0.15, 0.2) is 0 Å². The average molecular weight is 429 g/mol. The van der Waals surface area contributed by atoms with Crippen molar-refractivity contribution in [3.63, 3.8) is 0 Å². The number of benzene rings is 3. The van der Waals surface area contributed by atoms with Gasteiger partial charge in [-0.2, -0.15) is 0 Å². The Morgan fingerprint density at radius 2 is 1.22 bits per heavy atom. The number of hydrogen-bond donors (Lipinski definition) is 0. The van der Waals surface area contributed by atoms with Crippen LogP contribution in [0.3, 0.4) is 0 Å². The van der Waals surface area contributed by atoms with E-state index < -0.39 is 0 Å². The number of rotatable bonds is 0. The lowest BCUT2D eigenvalue weighted by Gasteiger charge is -2.37. The second-order valence-electron chi connectivity index (χ2n) is 6.53. The lowest BCUT2D eigenvalue weighted by atomic mass is 9.66. The zero-order valence-corrected chi connectivity index (χ0v) is 22.1. The predicted molar refractivity (Wildman–Crippen MR) is 149 cm³/mol. The van der Waals surface area contributed by atoms with Crippen LogP contribution in [0.5, 0.6) is 0 Å². The molecule has 0 radical (unpaired) electrons. The van der Waals surface area contributed by atoms with E-state index in [0.717, 1.165) is 6.42 Å². The van der Waals surface area contributed by atoms with Crippen molar-refractivity contribution in [2.75, 3.05) is 0 Å². The van der Waals surface area contributed by atoms with E-state index in [4.69, 9.17) is 0 Å². The molecule has 1 atom stereocenters. The molecule has 32 heavy (non-hydrogen) atoms. The fraction of sp³-hybridized carbons (Fsp3) is 0.375. The van der Waals surface area contributed by atoms with E-state index in [-0.39, 0.29) is 0 Å². The summed E-state index contributed by atoms with van der Waals surface area (Å²) in [5.41, 5.74) is 10.3. The maximum absolute atomic E-state index is 2.42. The lowest BCUT2D eigenvalue weighted by Crippen LogP contribution is -2.19. The molecule has 0 fully saturated rings. The summed E-state index contributed by atoms with van der Waals surface area (Å²) in [5.74, 6) is 0.443. The molecule has 0 nitrogen and oxygen atoms in total. The molecule has 1 unspecified atom stereocenters. The molecular formula is C32H44. The molecule has 0 heterocycles. The van der Waals surface area contributed by atoms with E-state index >= 15 is 0 Å². The van der Waals surface area contributed by atoms with Crippen molar-refractivity contribution in [3.8, 4) is 11.1 Å². The smallest absolute Gasteiger partial charge is 0.0358 e. The molecule has 0 heteroatoms. The van der Waals surface area contributed by atoms with Crippen molar-refractivity contribution in [3.05, 3.63) is 88.5 Å². The van der Waals surface area contributed by atoms with Gasteiger partial charge in [0.1, 0.15) is 0 Å². The van der Waals surface area contributed by atoms with E-state index in [0.29, 0.717) is 5.92 Å². The van der Waals surface area contributed by atoms with Crippen LogP contribution in [0.15, 0.2) is 66.3 Å². The van der Waals surface area contributed by atoms with E-state index in [1.807, 2.05) is 69.2 Å². The van der Waals surface area contributed by atoms with Crippen LogP contribution in [0.2, 0.25) is 0 Å². The summed E-state index contributed by atoms with van der Waals surface area (Å²) in [5, 5.41) is 2.86. The molecule has 6 rings (SSSR count). The molecule has 0 N–H and O–H groups in total. The summed E-state index contributed by atoms with van der Waals surface area (Å²) in [4.78, 5) is 0. The van der Waals surface area contributed by atoms with Gasteiger partial charge in [0, 0.05) is 5.92 Å². The number of fused-ring (bicyclic) bond motifs is 1. The standard InChI is InChI=1S/C22H14.5C2H6/c1-3-13-7-9-15-11-12-16-10-8-14-4-2-6-18-17(5-1)19(13)21(15)22(16)20(14)18;5*1-2/h1-11,21H,12H2;5*1-2H3. The number of allylic oxidation sites excluding steroid dienone is 3. The summed E-state index contributed by atoms with van der Waals surface area (Å²) in [6.07, 6.45) is 8.10. The first kappa shape index (κ1) is 27.4. The second-order valence-corrected chi connectivity index (χ2v) is 6.53. The molecule has 0 bridgehead atoms. The Morgan fingerprint density at radius 3 is 1.91 bits per heavy atom. The Morgan fingerprint density at radius 1 is 0.594 bits per heavy atom. The van der Waals surface area contributed by atoms with Crippen LogP contribution < -0.4 is 0 Å². The molecule has 0 aromatic heterocycles. The summed E-state index contributed by atoms with van der Waals surface area (Å²) in [6, 6.07) is 18.1. The lowest BCUT2D eigenvalue weighted by molar-refractivity contribution is 0.908. The first-order valence-electron chi connectivity index (χ1n) is 13.0. The third-order valence-electron chi connectivity index (χ3n) is 5.53. The van der Waals surface area contributed by atoms with Gasteiger partial charge in [0.25, 0.3) is 0 Å². The summed E-state index contributed by atoms with van der Waals surface area (Å²) in [7, 11) is 0. The van der Waals surface area contributed by atoms with Gasteiger partial charge in [-0.1, -0.05) is 136 Å². The average Bonchev–Trinajstić information content (AvgIpc) is 2.93. The van der Waals surface area contributed by atoms with Crippen molar-refractivity contribution in [1.29, 1.82) is 0 Å². The van der Waals surface area contributed by atoms with Crippen molar-refractivity contribution in [2.24, 2.45) is 0 Å². The van der Waals surface area contributed by atoms with Gasteiger partial charge < -0.3 is 0 Å². The Hall–Kier alpha value is -2.60. The molecule has 3 aliphatic rings. The molecule has 0 amide bonds. The molecule has 0 saturated carbocycles. The van der Waals surface area contributed by atoms with Gasteiger partial charge in [-0.25, -0.2) is 0 Å². The van der Waals surface area contributed by atoms with Crippen LogP contribution in [0.25, 0.3) is 28.0 Å². The Bertz CT molecular complexity index is 1050. The number of hydrogen-bond acceptors (Lipinski definition) is 0. The Labute approximate surface area is 198 Å². The third kappa shape index (κ3) is 4.60. The minimum Gasteiger partial charge on any atom is -0.0759 e. The van der Waals surface area contributed by atoms with Crippen LogP contribution in [-0.4, -0.2) is 0 Å². The third-order valence-corrected chi connectivity index (χ3v) is 5.53. The van der Waals surface area contributed by atoms with E-state index in [9.17, 15) is 0 Å². The van der Waals surface area contributed by atoms with Crippen molar-refractivity contribution in [1.82, 2.24) is 0 Å². The van der Waals surface area contributed by atoms with Gasteiger partial charge in [-0.15, -0.1) is 0 Å². The minimum atomic E-state index is 0.443. The summed E-state index contributed by atoms with van der Waals surface area (Å²) in [6.45, 7) is 20.0. The highest BCUT2D eigenvalue weighted by Gasteiger charge is 2.35. The van der Waals surface area contributed by atoms with Crippen molar-refractivity contribution >= 4 is 16.8 Å². The van der Waals surface area contributed by atoms with Crippen LogP contribution in [0, 0.1) is 0 Å². The maximum atomic E-state index is 2.42. The molecular weight excluding hydrogens is 384 g/mol. The summed E-state index contributed by atoms with van der Waals surface area (Å²) >= 11 is 0. The van der Waals surface area contributed by atoms with Gasteiger partial charge in [0.05, 0.1) is 0 Å². The second kappa shape index (κ2) is 13.7. The highest BCUT2D eigenvalue weighted by molar-refractivity contribution is 6.05. The largest absolute Gasteiger partial charge is 0.0759 e. The highest BCUT2D eigenvalue weighted by Crippen LogP contribution is 2.54. The Balaban J connectivity index is 0.000000459. The van der Waals surface area contributed by atoms with Crippen LogP contribution >= 0.6 is 0 Å². The monoisotopic (exact) mass is 428 g/mol. The van der Waals surface area contributed by atoms with Crippen LogP contribution in [0.4, 0.5) is 0 Å². The molecule has 172 valence electrons. The minimum absolute atomic E-state index is 0.443. The van der Waals surface area contributed by atoms with Crippen molar-refractivity contribution in [2.45, 2.75) is 81.6 Å². The van der Waals surface area contributed by atoms with Gasteiger partial charge in [-0.3, -0.25) is 0 Å². The normalized spacial score (nSPS) is 14.2. The molecule has 0 saturated heterocycles. The van der Waals surface area contributed by atoms with E-state index in [1.165, 1.54) is 44.2 Å². The molecule has 3 aliphatic carbocycles. The quantitative estimate of drug-likeness (QED) is 0.334. The fourth-order valence-corrected chi connectivity index (χ4v) is 4.64. The van der Waals surface area contributed by atoms with Gasteiger partial charge >= 0.3 is 0 Å². The zero-order chi connectivity index (χ0) is 24.3. The maximum Gasteiger partial charge on any atom is 0.0358 e. The van der Waals surface area contributed by atoms with Crippen molar-refractivity contribution < 1.29 is 0 Å². The molecule has 0 spiro atoms.